The molecule has 0 aliphatic carbocycles. The van der Waals surface area contributed by atoms with E-state index < -0.39 is 5.91 Å². The number of nitrogens with one attached hydrogen (secondary N) is 2. The summed E-state index contributed by atoms with van der Waals surface area (Å²) in [5.41, 5.74) is 3.44. The summed E-state index contributed by atoms with van der Waals surface area (Å²) in [7, 11) is 0. The van der Waals surface area contributed by atoms with Gasteiger partial charge in [0.15, 0.2) is 11.5 Å². The summed E-state index contributed by atoms with van der Waals surface area (Å²) in [6.07, 6.45) is 6.55. The highest BCUT2D eigenvalue weighted by Gasteiger charge is 2.12. The number of hydrogen-bond acceptors (Lipinski definition) is 5. The number of ether oxygens (including phenoxy) is 2. The molecule has 0 aliphatic heterocycles. The van der Waals surface area contributed by atoms with Gasteiger partial charge in [-0.15, -0.1) is 6.42 Å². The van der Waals surface area contributed by atoms with Crippen molar-refractivity contribution in [3.8, 4) is 23.8 Å². The predicted molar refractivity (Wildman–Crippen MR) is 122 cm³/mol. The number of benzene rings is 2. The highest BCUT2D eigenvalue weighted by atomic mass is 35.5. The number of para-hydroxylation sites is 1. The first-order chi connectivity index (χ1) is 14.9. The number of halogens is 2. The molecule has 0 unspecified atom stereocenters. The summed E-state index contributed by atoms with van der Waals surface area (Å²) in [6, 6.07) is 10.1. The van der Waals surface area contributed by atoms with Crippen LogP contribution in [0, 0.1) is 12.3 Å². The first kappa shape index (κ1) is 24.1. The minimum Gasteiger partial charge on any atom is -0.490 e. The Morgan fingerprint density at radius 3 is 2.58 bits per heavy atom. The molecule has 0 spiro atoms. The summed E-state index contributed by atoms with van der Waals surface area (Å²) in [6.45, 7) is 2.27. The number of carbonyl (C=O) groups is 2. The van der Waals surface area contributed by atoms with Gasteiger partial charge in [0.25, 0.3) is 0 Å². The van der Waals surface area contributed by atoms with Gasteiger partial charge in [-0.3, -0.25) is 9.59 Å². The summed E-state index contributed by atoms with van der Waals surface area (Å²) >= 11 is 12.2. The van der Waals surface area contributed by atoms with Crippen LogP contribution in [0.3, 0.4) is 0 Å². The van der Waals surface area contributed by atoms with Crippen molar-refractivity contribution in [2.75, 3.05) is 18.5 Å². The number of amides is 2. The van der Waals surface area contributed by atoms with Crippen LogP contribution >= 0.6 is 23.2 Å². The van der Waals surface area contributed by atoms with Crippen molar-refractivity contribution in [3.63, 3.8) is 0 Å². The number of carbonyl (C=O) groups excluding carboxylic acids is 2. The molecule has 0 atom stereocenters. The molecule has 0 fully saturated rings. The van der Waals surface area contributed by atoms with Crippen LogP contribution < -0.4 is 20.2 Å². The Morgan fingerprint density at radius 2 is 1.87 bits per heavy atom. The van der Waals surface area contributed by atoms with E-state index in [2.05, 4.69) is 21.8 Å². The zero-order chi connectivity index (χ0) is 22.6. The van der Waals surface area contributed by atoms with Crippen LogP contribution in [0.25, 0.3) is 0 Å². The lowest BCUT2D eigenvalue weighted by molar-refractivity contribution is -0.124. The third kappa shape index (κ3) is 7.85. The number of terminal acetylenes is 1. The van der Waals surface area contributed by atoms with Crippen molar-refractivity contribution in [2.45, 2.75) is 19.8 Å². The van der Waals surface area contributed by atoms with Crippen LogP contribution in [0.4, 0.5) is 5.69 Å². The van der Waals surface area contributed by atoms with Crippen molar-refractivity contribution in [1.29, 1.82) is 0 Å². The highest BCUT2D eigenvalue weighted by Crippen LogP contribution is 2.36. The van der Waals surface area contributed by atoms with Gasteiger partial charge in [-0.1, -0.05) is 41.3 Å². The lowest BCUT2D eigenvalue weighted by atomic mass is 10.2. The Labute approximate surface area is 190 Å². The van der Waals surface area contributed by atoms with Crippen LogP contribution in [0.1, 0.15) is 25.3 Å². The minimum atomic E-state index is -0.421. The molecule has 2 N–H and O–H groups in total. The Bertz CT molecular complexity index is 1000. The lowest BCUT2D eigenvalue weighted by Crippen LogP contribution is -2.20. The zero-order valence-corrected chi connectivity index (χ0v) is 18.3. The van der Waals surface area contributed by atoms with E-state index in [0.29, 0.717) is 39.4 Å². The van der Waals surface area contributed by atoms with Gasteiger partial charge in [0.05, 0.1) is 28.6 Å². The van der Waals surface area contributed by atoms with Gasteiger partial charge in [-0.25, -0.2) is 5.43 Å². The molecule has 0 aromatic heterocycles. The maximum Gasteiger partial charge on any atom is 0.240 e. The average Bonchev–Trinajstić information content (AvgIpc) is 2.74. The van der Waals surface area contributed by atoms with Crippen LogP contribution in [0.5, 0.6) is 11.5 Å². The van der Waals surface area contributed by atoms with Crippen LogP contribution in [-0.4, -0.2) is 31.2 Å². The summed E-state index contributed by atoms with van der Waals surface area (Å²) in [5.74, 6) is 2.36. The maximum atomic E-state index is 12.0. The molecule has 0 aliphatic rings. The molecule has 162 valence electrons. The number of rotatable bonds is 10. The van der Waals surface area contributed by atoms with E-state index in [4.69, 9.17) is 39.1 Å². The Balaban J connectivity index is 1.89. The van der Waals surface area contributed by atoms with E-state index in [1.165, 1.54) is 6.21 Å². The topological polar surface area (TPSA) is 89.0 Å². The molecule has 2 amide bonds. The summed E-state index contributed by atoms with van der Waals surface area (Å²) in [4.78, 5) is 23.9. The molecule has 9 heteroatoms. The highest BCUT2D eigenvalue weighted by molar-refractivity contribution is 6.33. The molecule has 31 heavy (non-hydrogen) atoms. The van der Waals surface area contributed by atoms with Gasteiger partial charge in [-0.2, -0.15) is 5.10 Å². The standard InChI is InChI=1S/C22H21Cl2N3O4/c1-3-11-31-22-17(24)12-15(13-19(22)30-4-2)14-25-27-21(29)10-9-20(28)26-18-8-6-5-7-16(18)23/h1,5-8,12-14H,4,9-11H2,2H3,(H,26,28)(H,27,29). The number of anilines is 1. The Hall–Kier alpha value is -3.21. The largest absolute Gasteiger partial charge is 0.490 e. The van der Waals surface area contributed by atoms with E-state index in [1.807, 2.05) is 6.92 Å². The molecule has 0 heterocycles. The van der Waals surface area contributed by atoms with Gasteiger partial charge >= 0.3 is 0 Å². The zero-order valence-electron chi connectivity index (χ0n) is 16.8. The molecule has 7 nitrogen and oxygen atoms in total. The fourth-order valence-corrected chi connectivity index (χ4v) is 2.87. The van der Waals surface area contributed by atoms with Gasteiger partial charge in [-0.05, 0) is 36.8 Å². The SMILES string of the molecule is C#CCOc1c(Cl)cc(C=NNC(=O)CCC(=O)Nc2ccccc2Cl)cc1OCC. The van der Waals surface area contributed by atoms with E-state index in [-0.39, 0.29) is 25.4 Å². The van der Waals surface area contributed by atoms with Crippen molar-refractivity contribution < 1.29 is 19.1 Å². The van der Waals surface area contributed by atoms with Crippen LogP contribution in [-0.2, 0) is 9.59 Å². The predicted octanol–water partition coefficient (Wildman–Crippen LogP) is 4.27. The number of hydrazone groups is 1. The van der Waals surface area contributed by atoms with E-state index in [1.54, 1.807) is 36.4 Å². The smallest absolute Gasteiger partial charge is 0.240 e. The summed E-state index contributed by atoms with van der Waals surface area (Å²) < 4.78 is 10.9. The molecule has 2 rings (SSSR count). The first-order valence-corrected chi connectivity index (χ1v) is 10.1. The second-order valence-corrected chi connectivity index (χ2v) is 6.89. The van der Waals surface area contributed by atoms with Gasteiger partial charge in [0.2, 0.25) is 11.8 Å². The quantitative estimate of drug-likeness (QED) is 0.314. The van der Waals surface area contributed by atoms with Crippen molar-refractivity contribution in [3.05, 3.63) is 52.0 Å². The fraction of sp³-hybridized carbons (Fsp3) is 0.227. The summed E-state index contributed by atoms with van der Waals surface area (Å²) in [5, 5.41) is 7.26. The van der Waals surface area contributed by atoms with E-state index in [0.717, 1.165) is 0 Å². The molecule has 2 aromatic rings. The number of hydrogen-bond donors (Lipinski definition) is 2. The van der Waals surface area contributed by atoms with Gasteiger partial charge in [0, 0.05) is 12.8 Å². The minimum absolute atomic E-state index is 0.0197. The Morgan fingerprint density at radius 1 is 1.13 bits per heavy atom. The monoisotopic (exact) mass is 461 g/mol. The van der Waals surface area contributed by atoms with Crippen molar-refractivity contribution in [1.82, 2.24) is 5.43 Å². The molecule has 0 radical (unpaired) electrons. The fourth-order valence-electron chi connectivity index (χ4n) is 2.42. The second-order valence-electron chi connectivity index (χ2n) is 6.08. The van der Waals surface area contributed by atoms with Gasteiger partial charge in [0.1, 0.15) is 6.61 Å². The molecule has 0 saturated heterocycles. The third-order valence-corrected chi connectivity index (χ3v) is 4.37. The average molecular weight is 462 g/mol. The third-order valence-electron chi connectivity index (χ3n) is 3.76. The second kappa shape index (κ2) is 12.5. The van der Waals surface area contributed by atoms with Crippen LogP contribution in [0.15, 0.2) is 41.5 Å². The van der Waals surface area contributed by atoms with E-state index >= 15 is 0 Å². The normalized spacial score (nSPS) is 10.4. The van der Waals surface area contributed by atoms with Crippen molar-refractivity contribution in [2.24, 2.45) is 5.10 Å². The van der Waals surface area contributed by atoms with Gasteiger partial charge < -0.3 is 14.8 Å². The van der Waals surface area contributed by atoms with E-state index in [9.17, 15) is 9.59 Å². The molecule has 0 bridgehead atoms. The van der Waals surface area contributed by atoms with Crippen LogP contribution in [0.2, 0.25) is 10.0 Å². The molecule has 2 aromatic carbocycles. The molecule has 0 saturated carbocycles. The number of nitrogens with zero attached hydrogens (tertiary/aromatic N) is 1. The van der Waals surface area contributed by atoms with Crippen molar-refractivity contribution >= 4 is 46.9 Å². The first-order valence-electron chi connectivity index (χ1n) is 9.33. The molecular formula is C22H21Cl2N3O4. The lowest BCUT2D eigenvalue weighted by Gasteiger charge is -2.12. The maximum absolute atomic E-state index is 12.0. The molecular weight excluding hydrogens is 441 g/mol. The Kier molecular flexibility index (Phi) is 9.69.